The van der Waals surface area contributed by atoms with Crippen LogP contribution in [-0.4, -0.2) is 15.1 Å². The number of nitrogens with zero attached hydrogens (tertiary/aromatic N) is 1. The Bertz CT molecular complexity index is 475. The van der Waals surface area contributed by atoms with Crippen LogP contribution >= 0.6 is 12.4 Å². The van der Waals surface area contributed by atoms with Gasteiger partial charge in [0.25, 0.3) is 0 Å². The molecule has 19 heavy (non-hydrogen) atoms. The van der Waals surface area contributed by atoms with Gasteiger partial charge in [-0.05, 0) is 30.4 Å². The predicted molar refractivity (Wildman–Crippen MR) is 72.6 cm³/mol. The van der Waals surface area contributed by atoms with E-state index in [2.05, 4.69) is 0 Å². The zero-order valence-electron chi connectivity index (χ0n) is 10.3. The number of nitrogens with two attached hydrogens (primary N) is 1. The standard InChI is InChI=1S/C12H16N2O4.ClH/c13-11(7-3-1-2-4-7)8-5-9(14(17)18)12(16)10(15)6-8;/h5-7,11,15-16H,1-4,13H2;1H/t11-;/m1./s1. The predicted octanol–water partition coefficient (Wildman–Crippen LogP) is 2.62. The van der Waals surface area contributed by atoms with E-state index in [4.69, 9.17) is 5.73 Å². The number of nitro groups is 1. The summed E-state index contributed by atoms with van der Waals surface area (Å²) in [6.07, 6.45) is 4.22. The van der Waals surface area contributed by atoms with Crippen molar-refractivity contribution in [2.75, 3.05) is 0 Å². The molecule has 0 radical (unpaired) electrons. The quantitative estimate of drug-likeness (QED) is 0.450. The highest BCUT2D eigenvalue weighted by atomic mass is 35.5. The van der Waals surface area contributed by atoms with Gasteiger partial charge in [0.1, 0.15) is 0 Å². The zero-order valence-corrected chi connectivity index (χ0v) is 11.1. The normalized spacial score (nSPS) is 16.9. The van der Waals surface area contributed by atoms with E-state index in [1.165, 1.54) is 12.1 Å². The largest absolute Gasteiger partial charge is 0.504 e. The van der Waals surface area contributed by atoms with Gasteiger partial charge in [-0.15, -0.1) is 12.4 Å². The van der Waals surface area contributed by atoms with Crippen LogP contribution < -0.4 is 5.73 Å². The van der Waals surface area contributed by atoms with Gasteiger partial charge < -0.3 is 15.9 Å². The second kappa shape index (κ2) is 6.08. The number of rotatable bonds is 3. The number of nitro benzene ring substituents is 1. The van der Waals surface area contributed by atoms with Crippen molar-refractivity contribution in [2.24, 2.45) is 11.7 Å². The van der Waals surface area contributed by atoms with Gasteiger partial charge in [0, 0.05) is 12.1 Å². The van der Waals surface area contributed by atoms with Gasteiger partial charge in [-0.2, -0.15) is 0 Å². The van der Waals surface area contributed by atoms with E-state index < -0.39 is 22.1 Å². The number of phenols is 2. The molecule has 2 rings (SSSR count). The van der Waals surface area contributed by atoms with Crippen LogP contribution in [0.2, 0.25) is 0 Å². The molecule has 1 saturated carbocycles. The van der Waals surface area contributed by atoms with Crippen LogP contribution in [0.5, 0.6) is 11.5 Å². The Morgan fingerprint density at radius 2 is 1.89 bits per heavy atom. The van der Waals surface area contributed by atoms with Crippen LogP contribution in [0, 0.1) is 16.0 Å². The molecule has 0 saturated heterocycles. The molecule has 0 aromatic heterocycles. The van der Waals surface area contributed by atoms with Gasteiger partial charge in [-0.1, -0.05) is 12.8 Å². The summed E-state index contributed by atoms with van der Waals surface area (Å²) in [5.74, 6) is -0.913. The zero-order chi connectivity index (χ0) is 13.3. The van der Waals surface area contributed by atoms with Crippen molar-refractivity contribution in [2.45, 2.75) is 31.7 Å². The van der Waals surface area contributed by atoms with E-state index in [0.717, 1.165) is 25.7 Å². The summed E-state index contributed by atoms with van der Waals surface area (Å²) in [6, 6.07) is 2.22. The highest BCUT2D eigenvalue weighted by molar-refractivity contribution is 5.85. The molecule has 1 aromatic carbocycles. The first-order chi connectivity index (χ1) is 8.50. The fourth-order valence-corrected chi connectivity index (χ4v) is 2.55. The average Bonchev–Trinajstić information content (AvgIpc) is 2.84. The van der Waals surface area contributed by atoms with E-state index in [1.54, 1.807) is 0 Å². The van der Waals surface area contributed by atoms with Gasteiger partial charge in [0.15, 0.2) is 5.75 Å². The van der Waals surface area contributed by atoms with Crippen molar-refractivity contribution in [3.05, 3.63) is 27.8 Å². The molecule has 1 aliphatic rings. The highest BCUT2D eigenvalue weighted by Crippen LogP contribution is 2.41. The number of phenolic OH excluding ortho intramolecular Hbond substituents is 2. The summed E-state index contributed by atoms with van der Waals surface area (Å²) in [6.45, 7) is 0. The SMILES string of the molecule is Cl.N[C@@H](c1cc(O)c(O)c([N+](=O)[O-])c1)C1CCCC1. The first-order valence-corrected chi connectivity index (χ1v) is 5.96. The molecule has 7 heteroatoms. The van der Waals surface area contributed by atoms with Crippen molar-refractivity contribution in [3.63, 3.8) is 0 Å². The van der Waals surface area contributed by atoms with Gasteiger partial charge in [0.05, 0.1) is 4.92 Å². The second-order valence-corrected chi connectivity index (χ2v) is 4.74. The summed E-state index contributed by atoms with van der Waals surface area (Å²) >= 11 is 0. The summed E-state index contributed by atoms with van der Waals surface area (Å²) in [5.41, 5.74) is 6.08. The van der Waals surface area contributed by atoms with E-state index in [9.17, 15) is 20.3 Å². The molecular weight excluding hydrogens is 272 g/mol. The smallest absolute Gasteiger partial charge is 0.314 e. The molecule has 0 unspecified atom stereocenters. The van der Waals surface area contributed by atoms with Crippen molar-refractivity contribution < 1.29 is 15.1 Å². The minimum atomic E-state index is -0.722. The Kier molecular flexibility index (Phi) is 4.97. The average molecular weight is 289 g/mol. The molecule has 1 atom stereocenters. The summed E-state index contributed by atoms with van der Waals surface area (Å²) in [5, 5.41) is 29.7. The van der Waals surface area contributed by atoms with Crippen LogP contribution in [-0.2, 0) is 0 Å². The molecule has 0 spiro atoms. The van der Waals surface area contributed by atoms with Crippen molar-refractivity contribution in [1.29, 1.82) is 0 Å². The molecule has 6 nitrogen and oxygen atoms in total. The molecular formula is C12H17ClN2O4. The van der Waals surface area contributed by atoms with E-state index >= 15 is 0 Å². The number of halogens is 1. The fourth-order valence-electron chi connectivity index (χ4n) is 2.55. The Morgan fingerprint density at radius 1 is 1.32 bits per heavy atom. The van der Waals surface area contributed by atoms with Crippen LogP contribution in [0.3, 0.4) is 0 Å². The minimum absolute atomic E-state index is 0. The Morgan fingerprint density at radius 3 is 2.42 bits per heavy atom. The lowest BCUT2D eigenvalue weighted by molar-refractivity contribution is -0.386. The Labute approximate surface area is 116 Å². The molecule has 0 amide bonds. The van der Waals surface area contributed by atoms with Crippen LogP contribution in [0.1, 0.15) is 37.3 Å². The molecule has 4 N–H and O–H groups in total. The third-order valence-corrected chi connectivity index (χ3v) is 3.58. The number of benzene rings is 1. The summed E-state index contributed by atoms with van der Waals surface area (Å²) < 4.78 is 0. The Balaban J connectivity index is 0.00000180. The van der Waals surface area contributed by atoms with Crippen molar-refractivity contribution in [3.8, 4) is 11.5 Å². The number of hydrogen-bond acceptors (Lipinski definition) is 5. The maximum Gasteiger partial charge on any atom is 0.314 e. The van der Waals surface area contributed by atoms with E-state index in [1.807, 2.05) is 0 Å². The third-order valence-electron chi connectivity index (χ3n) is 3.58. The monoisotopic (exact) mass is 288 g/mol. The van der Waals surface area contributed by atoms with Crippen molar-refractivity contribution >= 4 is 18.1 Å². The molecule has 1 fully saturated rings. The van der Waals surface area contributed by atoms with Gasteiger partial charge in [-0.3, -0.25) is 10.1 Å². The minimum Gasteiger partial charge on any atom is -0.504 e. The fraction of sp³-hybridized carbons (Fsp3) is 0.500. The van der Waals surface area contributed by atoms with Gasteiger partial charge in [-0.25, -0.2) is 0 Å². The number of hydrogen-bond donors (Lipinski definition) is 3. The van der Waals surface area contributed by atoms with Crippen LogP contribution in [0.25, 0.3) is 0 Å². The third kappa shape index (κ3) is 3.08. The first-order valence-electron chi connectivity index (χ1n) is 5.96. The van der Waals surface area contributed by atoms with Crippen LogP contribution in [0.15, 0.2) is 12.1 Å². The highest BCUT2D eigenvalue weighted by Gasteiger charge is 2.27. The molecule has 1 aromatic rings. The lowest BCUT2D eigenvalue weighted by Gasteiger charge is -2.19. The summed E-state index contributed by atoms with van der Waals surface area (Å²) in [4.78, 5) is 10.0. The summed E-state index contributed by atoms with van der Waals surface area (Å²) in [7, 11) is 0. The molecule has 0 bridgehead atoms. The molecule has 0 aliphatic heterocycles. The maximum atomic E-state index is 10.8. The topological polar surface area (TPSA) is 110 Å². The lowest BCUT2D eigenvalue weighted by atomic mass is 9.92. The van der Waals surface area contributed by atoms with Crippen LogP contribution in [0.4, 0.5) is 5.69 Å². The second-order valence-electron chi connectivity index (χ2n) is 4.74. The van der Waals surface area contributed by atoms with E-state index in [-0.39, 0.29) is 24.4 Å². The van der Waals surface area contributed by atoms with Gasteiger partial charge >= 0.3 is 5.69 Å². The Hall–Kier alpha value is -1.53. The molecule has 1 aliphatic carbocycles. The first kappa shape index (κ1) is 15.5. The molecule has 106 valence electrons. The van der Waals surface area contributed by atoms with E-state index in [0.29, 0.717) is 5.56 Å². The van der Waals surface area contributed by atoms with Gasteiger partial charge in [0.2, 0.25) is 5.75 Å². The number of aromatic hydroxyl groups is 2. The maximum absolute atomic E-state index is 10.8. The molecule has 0 heterocycles. The van der Waals surface area contributed by atoms with Crippen molar-refractivity contribution in [1.82, 2.24) is 0 Å². The lowest BCUT2D eigenvalue weighted by Crippen LogP contribution is -2.19.